The number of carbonyl (C=O) groups is 1. The highest BCUT2D eigenvalue weighted by molar-refractivity contribution is 5.77. The van der Waals surface area contributed by atoms with E-state index < -0.39 is 0 Å². The van der Waals surface area contributed by atoms with Crippen molar-refractivity contribution in [3.05, 3.63) is 34.9 Å². The van der Waals surface area contributed by atoms with Gasteiger partial charge in [-0.2, -0.15) is 0 Å². The Bertz CT molecular complexity index is 485. The maximum atomic E-state index is 12.6. The molecule has 1 aromatic carbocycles. The molecule has 1 unspecified atom stereocenters. The van der Waals surface area contributed by atoms with Crippen LogP contribution in [0.1, 0.15) is 64.2 Å². The fourth-order valence-electron chi connectivity index (χ4n) is 2.36. The van der Waals surface area contributed by atoms with Crippen LogP contribution in [0.25, 0.3) is 0 Å². The van der Waals surface area contributed by atoms with Gasteiger partial charge in [0.25, 0.3) is 0 Å². The summed E-state index contributed by atoms with van der Waals surface area (Å²) >= 11 is 0. The zero-order valence-corrected chi connectivity index (χ0v) is 14.8. The first-order chi connectivity index (χ1) is 9.64. The van der Waals surface area contributed by atoms with Gasteiger partial charge in [0, 0.05) is 19.0 Å². The van der Waals surface area contributed by atoms with Crippen molar-refractivity contribution in [3.63, 3.8) is 0 Å². The van der Waals surface area contributed by atoms with Gasteiger partial charge in [0.1, 0.15) is 0 Å². The zero-order valence-electron chi connectivity index (χ0n) is 14.8. The highest BCUT2D eigenvalue weighted by Gasteiger charge is 2.24. The van der Waals surface area contributed by atoms with E-state index >= 15 is 0 Å². The summed E-state index contributed by atoms with van der Waals surface area (Å²) in [6.07, 6.45) is 1.59. The van der Waals surface area contributed by atoms with Crippen molar-refractivity contribution in [2.75, 3.05) is 0 Å². The summed E-state index contributed by atoms with van der Waals surface area (Å²) < 4.78 is 0. The third kappa shape index (κ3) is 5.53. The molecule has 0 spiro atoms. The van der Waals surface area contributed by atoms with Crippen molar-refractivity contribution >= 4 is 5.91 Å². The normalized spacial score (nSPS) is 13.1. The molecule has 0 radical (unpaired) electrons. The van der Waals surface area contributed by atoms with E-state index in [1.54, 1.807) is 0 Å². The van der Waals surface area contributed by atoms with Gasteiger partial charge >= 0.3 is 0 Å². The van der Waals surface area contributed by atoms with Crippen LogP contribution in [-0.2, 0) is 11.3 Å². The van der Waals surface area contributed by atoms with Crippen LogP contribution in [0.2, 0.25) is 0 Å². The minimum absolute atomic E-state index is 0.0337. The molecule has 0 bridgehead atoms. The maximum absolute atomic E-state index is 12.6. The average molecular weight is 289 g/mol. The predicted molar refractivity (Wildman–Crippen MR) is 90.3 cm³/mol. The summed E-state index contributed by atoms with van der Waals surface area (Å²) in [7, 11) is 0. The van der Waals surface area contributed by atoms with Gasteiger partial charge in [-0.15, -0.1) is 0 Å². The predicted octanol–water partition coefficient (Wildman–Crippen LogP) is 4.87. The number of aryl methyl sites for hydroxylation is 2. The van der Waals surface area contributed by atoms with Gasteiger partial charge in [0.15, 0.2) is 0 Å². The molecule has 0 aliphatic heterocycles. The lowest BCUT2D eigenvalue weighted by Gasteiger charge is -2.31. The molecule has 0 saturated carbocycles. The Morgan fingerprint density at radius 3 is 2.29 bits per heavy atom. The summed E-state index contributed by atoms with van der Waals surface area (Å²) in [5.74, 6) is 0.259. The van der Waals surface area contributed by atoms with Gasteiger partial charge in [0.05, 0.1) is 0 Å². The van der Waals surface area contributed by atoms with E-state index in [0.717, 1.165) is 6.42 Å². The van der Waals surface area contributed by atoms with Crippen molar-refractivity contribution in [1.82, 2.24) is 4.90 Å². The summed E-state index contributed by atoms with van der Waals surface area (Å²) in [6.45, 7) is 15.6. The average Bonchev–Trinajstić information content (AvgIpc) is 2.37. The number of rotatable bonds is 5. The lowest BCUT2D eigenvalue weighted by molar-refractivity contribution is -0.135. The smallest absolute Gasteiger partial charge is 0.223 e. The van der Waals surface area contributed by atoms with Gasteiger partial charge in [-0.05, 0) is 49.3 Å². The molecule has 118 valence electrons. The fourth-order valence-corrected chi connectivity index (χ4v) is 2.36. The number of carbonyl (C=O) groups excluding carboxylic acids is 1. The highest BCUT2D eigenvalue weighted by Crippen LogP contribution is 2.23. The third-order valence-electron chi connectivity index (χ3n) is 4.05. The van der Waals surface area contributed by atoms with E-state index in [1.165, 1.54) is 16.7 Å². The second-order valence-electron chi connectivity index (χ2n) is 7.43. The molecular weight excluding hydrogens is 258 g/mol. The van der Waals surface area contributed by atoms with Crippen LogP contribution >= 0.6 is 0 Å². The Hall–Kier alpha value is -1.31. The van der Waals surface area contributed by atoms with E-state index in [9.17, 15) is 4.79 Å². The molecule has 0 heterocycles. The van der Waals surface area contributed by atoms with Crippen LogP contribution < -0.4 is 0 Å². The van der Waals surface area contributed by atoms with E-state index in [2.05, 4.69) is 66.7 Å². The standard InChI is InChI=1S/C19H31NO/c1-8-16(4)20(18(21)12-19(5,6)7)13-17-10-9-14(2)15(3)11-17/h9-11,16H,8,12-13H2,1-7H3. The monoisotopic (exact) mass is 289 g/mol. The lowest BCUT2D eigenvalue weighted by atomic mass is 9.91. The molecule has 0 aliphatic carbocycles. The Balaban J connectivity index is 2.92. The van der Waals surface area contributed by atoms with Crippen LogP contribution in [0.4, 0.5) is 0 Å². The van der Waals surface area contributed by atoms with Crippen molar-refractivity contribution in [1.29, 1.82) is 0 Å². The number of amides is 1. The molecule has 1 atom stereocenters. The van der Waals surface area contributed by atoms with Gasteiger partial charge in [-0.25, -0.2) is 0 Å². The Morgan fingerprint density at radius 1 is 1.19 bits per heavy atom. The lowest BCUT2D eigenvalue weighted by Crippen LogP contribution is -2.39. The van der Waals surface area contributed by atoms with Crippen molar-refractivity contribution < 1.29 is 4.79 Å². The van der Waals surface area contributed by atoms with Crippen molar-refractivity contribution in [2.45, 2.75) is 73.9 Å². The quantitative estimate of drug-likeness (QED) is 0.757. The minimum atomic E-state index is 0.0337. The molecule has 21 heavy (non-hydrogen) atoms. The van der Waals surface area contributed by atoms with E-state index in [-0.39, 0.29) is 17.4 Å². The van der Waals surface area contributed by atoms with Crippen molar-refractivity contribution in [3.8, 4) is 0 Å². The summed E-state index contributed by atoms with van der Waals surface area (Å²) in [6, 6.07) is 6.77. The molecule has 1 amide bonds. The SMILES string of the molecule is CCC(C)N(Cc1ccc(C)c(C)c1)C(=O)CC(C)(C)C. The fraction of sp³-hybridized carbons (Fsp3) is 0.632. The second-order valence-corrected chi connectivity index (χ2v) is 7.43. The first kappa shape index (κ1) is 17.7. The Kier molecular flexibility index (Phi) is 6.00. The molecule has 1 rings (SSSR count). The number of hydrogen-bond acceptors (Lipinski definition) is 1. The van der Waals surface area contributed by atoms with Gasteiger partial charge in [0.2, 0.25) is 5.91 Å². The minimum Gasteiger partial charge on any atom is -0.336 e. The molecule has 2 heteroatoms. The van der Waals surface area contributed by atoms with Crippen LogP contribution in [0.5, 0.6) is 0 Å². The largest absolute Gasteiger partial charge is 0.336 e. The first-order valence-electron chi connectivity index (χ1n) is 7.99. The molecule has 0 N–H and O–H groups in total. The van der Waals surface area contributed by atoms with E-state index in [4.69, 9.17) is 0 Å². The summed E-state index contributed by atoms with van der Waals surface area (Å²) in [4.78, 5) is 14.7. The van der Waals surface area contributed by atoms with Crippen LogP contribution in [0, 0.1) is 19.3 Å². The topological polar surface area (TPSA) is 20.3 Å². The van der Waals surface area contributed by atoms with Crippen LogP contribution in [0.3, 0.4) is 0 Å². The van der Waals surface area contributed by atoms with Gasteiger partial charge < -0.3 is 4.90 Å². The number of nitrogens with zero attached hydrogens (tertiary/aromatic N) is 1. The van der Waals surface area contributed by atoms with Crippen molar-refractivity contribution in [2.24, 2.45) is 5.41 Å². The maximum Gasteiger partial charge on any atom is 0.223 e. The Labute approximate surface area is 130 Å². The van der Waals surface area contributed by atoms with Gasteiger partial charge in [-0.3, -0.25) is 4.79 Å². The molecule has 1 aromatic rings. The molecule has 0 aliphatic rings. The number of hydrogen-bond donors (Lipinski definition) is 0. The van der Waals surface area contributed by atoms with E-state index in [1.807, 2.05) is 4.90 Å². The Morgan fingerprint density at radius 2 is 1.81 bits per heavy atom. The molecule has 0 saturated heterocycles. The third-order valence-corrected chi connectivity index (χ3v) is 4.05. The van der Waals surface area contributed by atoms with Gasteiger partial charge in [-0.1, -0.05) is 45.9 Å². The van der Waals surface area contributed by atoms with Crippen LogP contribution in [-0.4, -0.2) is 16.8 Å². The molecular formula is C19H31NO. The first-order valence-corrected chi connectivity index (χ1v) is 7.99. The number of benzene rings is 1. The summed E-state index contributed by atoms with van der Waals surface area (Å²) in [5.41, 5.74) is 3.85. The highest BCUT2D eigenvalue weighted by atomic mass is 16.2. The molecule has 2 nitrogen and oxygen atoms in total. The molecule has 0 aromatic heterocycles. The summed E-state index contributed by atoms with van der Waals surface area (Å²) in [5, 5.41) is 0. The van der Waals surface area contributed by atoms with E-state index in [0.29, 0.717) is 13.0 Å². The zero-order chi connectivity index (χ0) is 16.2. The molecule has 0 fully saturated rings. The van der Waals surface area contributed by atoms with Crippen LogP contribution in [0.15, 0.2) is 18.2 Å². The second kappa shape index (κ2) is 7.11.